The lowest BCUT2D eigenvalue weighted by Gasteiger charge is -2.13. The maximum atomic E-state index is 12.3. The number of anilines is 1. The summed E-state index contributed by atoms with van der Waals surface area (Å²) in [5, 5.41) is 3.27. The molecule has 0 atom stereocenters. The van der Waals surface area contributed by atoms with Gasteiger partial charge in [-0.05, 0) is 44.2 Å². The lowest BCUT2D eigenvalue weighted by atomic mass is 10.2. The van der Waals surface area contributed by atoms with Crippen LogP contribution in [-0.2, 0) is 0 Å². The van der Waals surface area contributed by atoms with Crippen molar-refractivity contribution in [1.29, 1.82) is 0 Å². The fourth-order valence-corrected chi connectivity index (χ4v) is 2.54. The third-order valence-electron chi connectivity index (χ3n) is 2.49. The molecule has 0 spiro atoms. The third kappa shape index (κ3) is 4.44. The van der Waals surface area contributed by atoms with Gasteiger partial charge in [0.25, 0.3) is 5.91 Å². The van der Waals surface area contributed by atoms with Crippen LogP contribution in [0.4, 0.5) is 5.69 Å². The van der Waals surface area contributed by atoms with Crippen molar-refractivity contribution in [3.63, 3.8) is 0 Å². The first-order chi connectivity index (χ1) is 9.95. The van der Waals surface area contributed by atoms with E-state index < -0.39 is 0 Å². The molecular formula is C15H14BrClN2O2. The van der Waals surface area contributed by atoms with Crippen molar-refractivity contribution >= 4 is 39.1 Å². The van der Waals surface area contributed by atoms with Gasteiger partial charge in [-0.15, -0.1) is 0 Å². The second kappa shape index (κ2) is 6.91. The van der Waals surface area contributed by atoms with E-state index in [0.717, 1.165) is 4.47 Å². The molecular weight excluding hydrogens is 356 g/mol. The summed E-state index contributed by atoms with van der Waals surface area (Å²) in [5.74, 6) is 0.113. The van der Waals surface area contributed by atoms with Gasteiger partial charge in [-0.1, -0.05) is 27.5 Å². The molecule has 0 saturated heterocycles. The summed E-state index contributed by atoms with van der Waals surface area (Å²) < 4.78 is 6.31. The number of carbonyl (C=O) groups excluding carboxylic acids is 1. The van der Waals surface area contributed by atoms with E-state index in [2.05, 4.69) is 26.2 Å². The largest absolute Gasteiger partial charge is 0.473 e. The molecule has 2 rings (SSSR count). The number of ether oxygens (including phenoxy) is 1. The first-order valence-corrected chi connectivity index (χ1v) is 7.52. The first kappa shape index (κ1) is 15.8. The maximum absolute atomic E-state index is 12.3. The minimum atomic E-state index is -0.278. The molecule has 110 valence electrons. The number of halogens is 2. The van der Waals surface area contributed by atoms with Gasteiger partial charge in [0, 0.05) is 21.3 Å². The monoisotopic (exact) mass is 368 g/mol. The molecule has 1 aromatic heterocycles. The van der Waals surface area contributed by atoms with E-state index in [1.54, 1.807) is 36.5 Å². The highest BCUT2D eigenvalue weighted by molar-refractivity contribution is 9.10. The highest BCUT2D eigenvalue weighted by Crippen LogP contribution is 2.24. The lowest BCUT2D eigenvalue weighted by Crippen LogP contribution is -2.15. The van der Waals surface area contributed by atoms with E-state index in [9.17, 15) is 4.79 Å². The molecule has 0 radical (unpaired) electrons. The Morgan fingerprint density at radius 2 is 2.14 bits per heavy atom. The number of nitrogens with zero attached hydrogens (tertiary/aromatic N) is 1. The van der Waals surface area contributed by atoms with Gasteiger partial charge >= 0.3 is 0 Å². The number of benzene rings is 1. The Kier molecular flexibility index (Phi) is 5.20. The van der Waals surface area contributed by atoms with Gasteiger partial charge in [0.15, 0.2) is 0 Å². The number of hydrogen-bond donors (Lipinski definition) is 1. The quantitative estimate of drug-likeness (QED) is 0.861. The van der Waals surface area contributed by atoms with E-state index in [0.29, 0.717) is 22.2 Å². The Bertz CT molecular complexity index is 642. The molecule has 1 heterocycles. The van der Waals surface area contributed by atoms with E-state index in [4.69, 9.17) is 16.3 Å². The predicted molar refractivity (Wildman–Crippen MR) is 87.1 cm³/mol. The van der Waals surface area contributed by atoms with Crippen LogP contribution in [-0.4, -0.2) is 17.0 Å². The summed E-state index contributed by atoms with van der Waals surface area (Å²) in [7, 11) is 0. The minimum Gasteiger partial charge on any atom is -0.473 e. The topological polar surface area (TPSA) is 51.2 Å². The molecule has 6 heteroatoms. The average molecular weight is 370 g/mol. The van der Waals surface area contributed by atoms with Crippen LogP contribution in [0.1, 0.15) is 24.2 Å². The van der Waals surface area contributed by atoms with Crippen molar-refractivity contribution in [3.05, 3.63) is 51.6 Å². The van der Waals surface area contributed by atoms with Crippen LogP contribution >= 0.6 is 27.5 Å². The van der Waals surface area contributed by atoms with Crippen LogP contribution < -0.4 is 10.1 Å². The van der Waals surface area contributed by atoms with Gasteiger partial charge in [-0.3, -0.25) is 4.79 Å². The zero-order valence-electron chi connectivity index (χ0n) is 11.6. The van der Waals surface area contributed by atoms with Gasteiger partial charge in [-0.2, -0.15) is 0 Å². The molecule has 1 amide bonds. The number of amides is 1. The van der Waals surface area contributed by atoms with Crippen LogP contribution in [0.15, 0.2) is 41.0 Å². The normalized spacial score (nSPS) is 10.5. The second-order valence-corrected chi connectivity index (χ2v) is 5.99. The SMILES string of the molecule is CC(C)Oc1ncccc1NC(=O)c1cc(Cl)cc(Br)c1. The molecule has 0 aliphatic heterocycles. The van der Waals surface area contributed by atoms with Crippen molar-refractivity contribution in [2.45, 2.75) is 20.0 Å². The van der Waals surface area contributed by atoms with Gasteiger partial charge in [0.2, 0.25) is 5.88 Å². The van der Waals surface area contributed by atoms with E-state index >= 15 is 0 Å². The average Bonchev–Trinajstić information content (AvgIpc) is 2.39. The summed E-state index contributed by atoms with van der Waals surface area (Å²) in [6.45, 7) is 3.79. The van der Waals surface area contributed by atoms with Crippen molar-refractivity contribution in [2.75, 3.05) is 5.32 Å². The molecule has 0 aliphatic carbocycles. The van der Waals surface area contributed by atoms with Gasteiger partial charge in [0.05, 0.1) is 6.10 Å². The molecule has 0 aliphatic rings. The van der Waals surface area contributed by atoms with Gasteiger partial charge < -0.3 is 10.1 Å². The Morgan fingerprint density at radius 3 is 2.81 bits per heavy atom. The lowest BCUT2D eigenvalue weighted by molar-refractivity contribution is 0.102. The van der Waals surface area contributed by atoms with Crippen LogP contribution in [0.2, 0.25) is 5.02 Å². The molecule has 2 aromatic rings. The summed E-state index contributed by atoms with van der Waals surface area (Å²) in [6.07, 6.45) is 1.58. The number of pyridine rings is 1. The fourth-order valence-electron chi connectivity index (χ4n) is 1.68. The highest BCUT2D eigenvalue weighted by atomic mass is 79.9. The number of hydrogen-bond acceptors (Lipinski definition) is 3. The smallest absolute Gasteiger partial charge is 0.255 e. The Morgan fingerprint density at radius 1 is 1.38 bits per heavy atom. The van der Waals surface area contributed by atoms with Crippen molar-refractivity contribution < 1.29 is 9.53 Å². The number of rotatable bonds is 4. The molecule has 21 heavy (non-hydrogen) atoms. The van der Waals surface area contributed by atoms with Gasteiger partial charge in [-0.25, -0.2) is 4.98 Å². The summed E-state index contributed by atoms with van der Waals surface area (Å²) in [6, 6.07) is 8.48. The zero-order chi connectivity index (χ0) is 15.4. The Hall–Kier alpha value is -1.59. The first-order valence-electron chi connectivity index (χ1n) is 6.35. The van der Waals surface area contributed by atoms with E-state index in [-0.39, 0.29) is 12.0 Å². The van der Waals surface area contributed by atoms with Crippen molar-refractivity contribution in [3.8, 4) is 5.88 Å². The molecule has 0 unspecified atom stereocenters. The van der Waals surface area contributed by atoms with Crippen molar-refractivity contribution in [2.24, 2.45) is 0 Å². The van der Waals surface area contributed by atoms with E-state index in [1.807, 2.05) is 13.8 Å². The fraction of sp³-hybridized carbons (Fsp3) is 0.200. The number of aromatic nitrogens is 1. The molecule has 1 aromatic carbocycles. The molecule has 0 fully saturated rings. The predicted octanol–water partition coefficient (Wildman–Crippen LogP) is 4.54. The van der Waals surface area contributed by atoms with Crippen LogP contribution in [0.25, 0.3) is 0 Å². The van der Waals surface area contributed by atoms with Crippen LogP contribution in [0.3, 0.4) is 0 Å². The molecule has 4 nitrogen and oxygen atoms in total. The number of carbonyl (C=O) groups is 1. The molecule has 0 saturated carbocycles. The summed E-state index contributed by atoms with van der Waals surface area (Å²) >= 11 is 9.26. The Balaban J connectivity index is 2.23. The maximum Gasteiger partial charge on any atom is 0.255 e. The van der Waals surface area contributed by atoms with Crippen LogP contribution in [0, 0.1) is 0 Å². The van der Waals surface area contributed by atoms with Gasteiger partial charge in [0.1, 0.15) is 5.69 Å². The minimum absolute atomic E-state index is 0.0316. The summed E-state index contributed by atoms with van der Waals surface area (Å²) in [5.41, 5.74) is 0.973. The third-order valence-corrected chi connectivity index (χ3v) is 3.17. The number of nitrogens with one attached hydrogen (secondary N) is 1. The Labute approximate surface area is 136 Å². The van der Waals surface area contributed by atoms with E-state index in [1.165, 1.54) is 0 Å². The second-order valence-electron chi connectivity index (χ2n) is 4.63. The highest BCUT2D eigenvalue weighted by Gasteiger charge is 2.12. The molecule has 0 bridgehead atoms. The van der Waals surface area contributed by atoms with Crippen LogP contribution in [0.5, 0.6) is 5.88 Å². The zero-order valence-corrected chi connectivity index (χ0v) is 13.9. The molecule has 1 N–H and O–H groups in total. The van der Waals surface area contributed by atoms with Crippen molar-refractivity contribution in [1.82, 2.24) is 4.98 Å². The summed E-state index contributed by atoms with van der Waals surface area (Å²) in [4.78, 5) is 16.4. The standard InChI is InChI=1S/C15H14BrClN2O2/c1-9(2)21-15-13(4-3-5-18-15)19-14(20)10-6-11(16)8-12(17)7-10/h3-9H,1-2H3,(H,19,20).